The summed E-state index contributed by atoms with van der Waals surface area (Å²) in [4.78, 5) is 0. The molecular formula is C11H17BrOS. The van der Waals surface area contributed by atoms with Crippen LogP contribution in [0.4, 0.5) is 0 Å². The van der Waals surface area contributed by atoms with E-state index in [0.29, 0.717) is 0 Å². The summed E-state index contributed by atoms with van der Waals surface area (Å²) in [5, 5.41) is 11.8. The Bertz CT molecular complexity index is 260. The lowest BCUT2D eigenvalue weighted by Gasteiger charge is -2.07. The highest BCUT2D eigenvalue weighted by molar-refractivity contribution is 9.11. The van der Waals surface area contributed by atoms with Crippen LogP contribution in [0.5, 0.6) is 0 Å². The van der Waals surface area contributed by atoms with Crippen molar-refractivity contribution >= 4 is 27.3 Å². The minimum absolute atomic E-state index is 0.269. The van der Waals surface area contributed by atoms with E-state index in [4.69, 9.17) is 0 Å². The molecule has 0 spiro atoms. The van der Waals surface area contributed by atoms with E-state index in [9.17, 15) is 5.11 Å². The predicted molar refractivity (Wildman–Crippen MR) is 65.7 cm³/mol. The van der Waals surface area contributed by atoms with E-state index in [1.54, 1.807) is 11.3 Å². The largest absolute Gasteiger partial charge is 0.388 e. The van der Waals surface area contributed by atoms with Gasteiger partial charge in [-0.1, -0.05) is 32.6 Å². The third-order valence-electron chi connectivity index (χ3n) is 2.30. The first-order valence-electron chi connectivity index (χ1n) is 5.16. The standard InChI is InChI=1S/C11H17BrOS/c1-2-3-4-5-6-10(13)9-7-11(12)14-8-9/h7-8,10,13H,2-6H2,1H3. The first-order valence-corrected chi connectivity index (χ1v) is 6.83. The number of rotatable bonds is 6. The van der Waals surface area contributed by atoms with Gasteiger partial charge in [0.1, 0.15) is 0 Å². The predicted octanol–water partition coefficient (Wildman–Crippen LogP) is 4.51. The van der Waals surface area contributed by atoms with E-state index < -0.39 is 0 Å². The maximum atomic E-state index is 9.82. The number of unbranched alkanes of at least 4 members (excludes halogenated alkanes) is 3. The van der Waals surface area contributed by atoms with Gasteiger partial charge in [0.05, 0.1) is 9.89 Å². The average Bonchev–Trinajstić information content (AvgIpc) is 2.59. The second-order valence-corrected chi connectivity index (χ2v) is 5.84. The zero-order chi connectivity index (χ0) is 10.4. The van der Waals surface area contributed by atoms with Crippen molar-refractivity contribution in [3.8, 4) is 0 Å². The van der Waals surface area contributed by atoms with Gasteiger partial charge in [-0.25, -0.2) is 0 Å². The molecule has 1 rings (SSSR count). The molecule has 1 aromatic rings. The molecule has 0 aliphatic heterocycles. The van der Waals surface area contributed by atoms with Crippen molar-refractivity contribution in [1.29, 1.82) is 0 Å². The Balaban J connectivity index is 2.25. The molecule has 0 bridgehead atoms. The summed E-state index contributed by atoms with van der Waals surface area (Å²) in [6.07, 6.45) is 5.51. The Kier molecular flexibility index (Phi) is 5.75. The fraction of sp³-hybridized carbons (Fsp3) is 0.636. The van der Waals surface area contributed by atoms with Gasteiger partial charge in [-0.15, -0.1) is 11.3 Å². The number of halogens is 1. The Hall–Kier alpha value is 0.140. The topological polar surface area (TPSA) is 20.2 Å². The average molecular weight is 277 g/mol. The van der Waals surface area contributed by atoms with Crippen molar-refractivity contribution in [2.24, 2.45) is 0 Å². The molecule has 1 aromatic heterocycles. The molecule has 0 amide bonds. The molecule has 0 fully saturated rings. The molecule has 1 N–H and O–H groups in total. The van der Waals surface area contributed by atoms with Crippen LogP contribution < -0.4 is 0 Å². The minimum Gasteiger partial charge on any atom is -0.388 e. The number of hydrogen-bond acceptors (Lipinski definition) is 2. The quantitative estimate of drug-likeness (QED) is 0.758. The minimum atomic E-state index is -0.269. The van der Waals surface area contributed by atoms with Crippen molar-refractivity contribution in [3.63, 3.8) is 0 Å². The van der Waals surface area contributed by atoms with Crippen LogP contribution in [0, 0.1) is 0 Å². The van der Waals surface area contributed by atoms with E-state index in [0.717, 1.165) is 22.2 Å². The first kappa shape index (κ1) is 12.2. The Morgan fingerprint density at radius 2 is 2.21 bits per heavy atom. The van der Waals surface area contributed by atoms with Crippen LogP contribution in [0.25, 0.3) is 0 Å². The van der Waals surface area contributed by atoms with E-state index in [-0.39, 0.29) is 6.10 Å². The molecule has 1 unspecified atom stereocenters. The number of hydrogen-bond donors (Lipinski definition) is 1. The van der Waals surface area contributed by atoms with Gasteiger partial charge in [-0.3, -0.25) is 0 Å². The summed E-state index contributed by atoms with van der Waals surface area (Å²) in [6, 6.07) is 2.01. The van der Waals surface area contributed by atoms with Gasteiger partial charge < -0.3 is 5.11 Å². The highest BCUT2D eigenvalue weighted by Crippen LogP contribution is 2.27. The molecule has 80 valence electrons. The lowest BCUT2D eigenvalue weighted by Crippen LogP contribution is -1.95. The third kappa shape index (κ3) is 4.11. The van der Waals surface area contributed by atoms with E-state index in [1.165, 1.54) is 19.3 Å². The van der Waals surface area contributed by atoms with Crippen LogP contribution in [0.2, 0.25) is 0 Å². The van der Waals surface area contributed by atoms with Gasteiger partial charge in [0.2, 0.25) is 0 Å². The van der Waals surface area contributed by atoms with Gasteiger partial charge in [0.15, 0.2) is 0 Å². The summed E-state index contributed by atoms with van der Waals surface area (Å²) in [6.45, 7) is 2.20. The van der Waals surface area contributed by atoms with Crippen LogP contribution in [0.15, 0.2) is 15.2 Å². The number of aliphatic hydroxyl groups excluding tert-OH is 1. The van der Waals surface area contributed by atoms with Crippen molar-refractivity contribution in [1.82, 2.24) is 0 Å². The van der Waals surface area contributed by atoms with E-state index >= 15 is 0 Å². The van der Waals surface area contributed by atoms with Gasteiger partial charge in [-0.05, 0) is 39.4 Å². The second kappa shape index (κ2) is 6.59. The third-order valence-corrected chi connectivity index (χ3v) is 3.83. The smallest absolute Gasteiger partial charge is 0.0798 e. The van der Waals surface area contributed by atoms with Crippen molar-refractivity contribution in [2.45, 2.75) is 45.1 Å². The molecule has 0 saturated carbocycles. The zero-order valence-electron chi connectivity index (χ0n) is 8.50. The maximum Gasteiger partial charge on any atom is 0.0798 e. The maximum absolute atomic E-state index is 9.82. The van der Waals surface area contributed by atoms with Crippen molar-refractivity contribution in [2.75, 3.05) is 0 Å². The van der Waals surface area contributed by atoms with Crippen LogP contribution in [0.3, 0.4) is 0 Å². The lowest BCUT2D eigenvalue weighted by molar-refractivity contribution is 0.164. The Labute approximate surface area is 98.3 Å². The Morgan fingerprint density at radius 3 is 2.79 bits per heavy atom. The summed E-state index contributed by atoms with van der Waals surface area (Å²) in [7, 11) is 0. The molecule has 3 heteroatoms. The van der Waals surface area contributed by atoms with Gasteiger partial charge >= 0.3 is 0 Å². The van der Waals surface area contributed by atoms with Crippen LogP contribution in [-0.4, -0.2) is 5.11 Å². The molecule has 0 radical (unpaired) electrons. The summed E-state index contributed by atoms with van der Waals surface area (Å²) in [5.74, 6) is 0. The number of aliphatic hydroxyl groups is 1. The Morgan fingerprint density at radius 1 is 1.43 bits per heavy atom. The monoisotopic (exact) mass is 276 g/mol. The molecule has 0 aliphatic rings. The molecule has 0 saturated heterocycles. The highest BCUT2D eigenvalue weighted by Gasteiger charge is 2.08. The zero-order valence-corrected chi connectivity index (χ0v) is 10.9. The fourth-order valence-corrected chi connectivity index (χ4v) is 2.65. The summed E-state index contributed by atoms with van der Waals surface area (Å²) < 4.78 is 1.10. The molecule has 0 aliphatic carbocycles. The lowest BCUT2D eigenvalue weighted by atomic mass is 10.1. The highest BCUT2D eigenvalue weighted by atomic mass is 79.9. The molecule has 1 nitrogen and oxygen atoms in total. The molecule has 14 heavy (non-hydrogen) atoms. The molecule has 1 heterocycles. The van der Waals surface area contributed by atoms with E-state index in [2.05, 4.69) is 22.9 Å². The van der Waals surface area contributed by atoms with Crippen molar-refractivity contribution in [3.05, 3.63) is 20.8 Å². The second-order valence-electron chi connectivity index (χ2n) is 3.55. The van der Waals surface area contributed by atoms with Gasteiger partial charge in [0, 0.05) is 0 Å². The van der Waals surface area contributed by atoms with Gasteiger partial charge in [-0.2, -0.15) is 0 Å². The van der Waals surface area contributed by atoms with Crippen LogP contribution in [0.1, 0.15) is 50.7 Å². The normalized spacial score (nSPS) is 13.1. The summed E-state index contributed by atoms with van der Waals surface area (Å²) >= 11 is 5.03. The SMILES string of the molecule is CCCCCCC(O)c1csc(Br)c1. The van der Waals surface area contributed by atoms with Crippen molar-refractivity contribution < 1.29 is 5.11 Å². The molecular weight excluding hydrogens is 260 g/mol. The fourth-order valence-electron chi connectivity index (χ4n) is 1.43. The van der Waals surface area contributed by atoms with E-state index in [1.807, 2.05) is 11.4 Å². The van der Waals surface area contributed by atoms with Crippen LogP contribution in [-0.2, 0) is 0 Å². The van der Waals surface area contributed by atoms with Crippen LogP contribution >= 0.6 is 27.3 Å². The van der Waals surface area contributed by atoms with Gasteiger partial charge in [0.25, 0.3) is 0 Å². The summed E-state index contributed by atoms with van der Waals surface area (Å²) in [5.41, 5.74) is 1.05. The molecule has 0 aromatic carbocycles. The molecule has 1 atom stereocenters. The number of thiophene rings is 1. The first-order chi connectivity index (χ1) is 6.74.